The van der Waals surface area contributed by atoms with E-state index in [1.165, 1.54) is 32.2 Å². The first-order chi connectivity index (χ1) is 10.4. The summed E-state index contributed by atoms with van der Waals surface area (Å²) in [5.74, 6) is 0.0468. The van der Waals surface area contributed by atoms with Gasteiger partial charge in [-0.3, -0.25) is 19.8 Å². The van der Waals surface area contributed by atoms with Crippen LogP contribution in [-0.2, 0) is 9.59 Å². The van der Waals surface area contributed by atoms with Gasteiger partial charge in [0.1, 0.15) is 17.1 Å². The zero-order chi connectivity index (χ0) is 16.4. The molecule has 0 aromatic heterocycles. The highest BCUT2D eigenvalue weighted by Crippen LogP contribution is 2.34. The fourth-order valence-corrected chi connectivity index (χ4v) is 2.60. The number of rotatable bonds is 3. The quantitative estimate of drug-likeness (QED) is 0.488. The number of benzene rings is 1. The summed E-state index contributed by atoms with van der Waals surface area (Å²) in [6.07, 6.45) is 1.46. The number of nitrogens with one attached hydrogen (secondary N) is 1. The van der Waals surface area contributed by atoms with Gasteiger partial charge >= 0.3 is 0 Å². The van der Waals surface area contributed by atoms with Crippen LogP contribution < -0.4 is 14.8 Å². The average Bonchev–Trinajstić information content (AvgIpc) is 2.49. The van der Waals surface area contributed by atoms with Crippen LogP contribution in [0.1, 0.15) is 5.56 Å². The number of methoxy groups -OCH3 is 2. The van der Waals surface area contributed by atoms with Gasteiger partial charge < -0.3 is 9.47 Å². The van der Waals surface area contributed by atoms with Gasteiger partial charge in [0, 0.05) is 18.7 Å². The molecular formula is C14H13BrN2O4S. The Bertz CT molecular complexity index is 702. The first-order valence-electron chi connectivity index (χ1n) is 6.15. The van der Waals surface area contributed by atoms with E-state index in [0.717, 1.165) is 0 Å². The summed E-state index contributed by atoms with van der Waals surface area (Å²) in [5, 5.41) is 2.54. The van der Waals surface area contributed by atoms with Crippen molar-refractivity contribution in [1.82, 2.24) is 10.2 Å². The molecule has 1 aliphatic heterocycles. The molecule has 1 aliphatic rings. The minimum absolute atomic E-state index is 0.0218. The van der Waals surface area contributed by atoms with E-state index in [1.54, 1.807) is 12.1 Å². The summed E-state index contributed by atoms with van der Waals surface area (Å²) in [5.41, 5.74) is 0.543. The van der Waals surface area contributed by atoms with Crippen molar-refractivity contribution >= 4 is 51.2 Å². The van der Waals surface area contributed by atoms with Crippen molar-refractivity contribution in [2.45, 2.75) is 0 Å². The van der Waals surface area contributed by atoms with E-state index < -0.39 is 11.8 Å². The lowest BCUT2D eigenvalue weighted by Gasteiger charge is -2.25. The van der Waals surface area contributed by atoms with E-state index in [1.807, 2.05) is 0 Å². The minimum atomic E-state index is -0.540. The summed E-state index contributed by atoms with van der Waals surface area (Å²) >= 11 is 8.26. The molecular weight excluding hydrogens is 372 g/mol. The summed E-state index contributed by atoms with van der Waals surface area (Å²) in [6.45, 7) is 0. The Kier molecular flexibility index (Phi) is 4.82. The SMILES string of the molecule is COc1cc(OC)c(C=C2C(=O)NC(=S)N(C)C2=O)cc1Br. The van der Waals surface area contributed by atoms with Gasteiger partial charge in [0.05, 0.1) is 18.7 Å². The Labute approximate surface area is 141 Å². The maximum atomic E-state index is 12.2. The van der Waals surface area contributed by atoms with E-state index in [9.17, 15) is 9.59 Å². The van der Waals surface area contributed by atoms with Gasteiger partial charge in [-0.15, -0.1) is 0 Å². The smallest absolute Gasteiger partial charge is 0.265 e. The standard InChI is InChI=1S/C14H13BrN2O4S/c1-17-13(19)8(12(18)16-14(17)22)4-7-5-9(15)11(21-3)6-10(7)20-2/h4-6H,1-3H3,(H,16,18,22). The zero-order valence-electron chi connectivity index (χ0n) is 12.1. The highest BCUT2D eigenvalue weighted by atomic mass is 79.9. The third-order valence-corrected chi connectivity index (χ3v) is 4.10. The largest absolute Gasteiger partial charge is 0.496 e. The number of thiocarbonyl (C=S) groups is 1. The molecule has 2 rings (SSSR count). The number of hydrogen-bond acceptors (Lipinski definition) is 5. The van der Waals surface area contributed by atoms with Crippen LogP contribution in [0.25, 0.3) is 6.08 Å². The second-order valence-corrected chi connectivity index (χ2v) is 5.65. The number of likely N-dealkylation sites (N-methyl/N-ethyl adjacent to an activating group) is 1. The molecule has 0 bridgehead atoms. The van der Waals surface area contributed by atoms with Gasteiger partial charge in [-0.2, -0.15) is 0 Å². The van der Waals surface area contributed by atoms with E-state index in [0.29, 0.717) is 21.5 Å². The molecule has 1 saturated heterocycles. The third-order valence-electron chi connectivity index (χ3n) is 3.11. The maximum absolute atomic E-state index is 12.2. The molecule has 22 heavy (non-hydrogen) atoms. The van der Waals surface area contributed by atoms with Crippen LogP contribution in [0.2, 0.25) is 0 Å². The fourth-order valence-electron chi connectivity index (χ4n) is 1.90. The molecule has 0 atom stereocenters. The molecule has 8 heteroatoms. The Balaban J connectivity index is 2.52. The van der Waals surface area contributed by atoms with E-state index in [4.69, 9.17) is 21.7 Å². The molecule has 0 radical (unpaired) electrons. The normalized spacial score (nSPS) is 16.8. The molecule has 1 fully saturated rings. The topological polar surface area (TPSA) is 67.9 Å². The average molecular weight is 385 g/mol. The van der Waals surface area contributed by atoms with Crippen LogP contribution in [0.15, 0.2) is 22.2 Å². The lowest BCUT2D eigenvalue weighted by molar-refractivity contribution is -0.128. The lowest BCUT2D eigenvalue weighted by atomic mass is 10.1. The van der Waals surface area contributed by atoms with Crippen LogP contribution in [0.4, 0.5) is 0 Å². The van der Waals surface area contributed by atoms with Gasteiger partial charge in [0.15, 0.2) is 5.11 Å². The predicted molar refractivity (Wildman–Crippen MR) is 88.7 cm³/mol. The molecule has 0 spiro atoms. The van der Waals surface area contributed by atoms with Crippen LogP contribution in [0.3, 0.4) is 0 Å². The summed E-state index contributed by atoms with van der Waals surface area (Å²) < 4.78 is 11.1. The molecule has 1 aromatic carbocycles. The Morgan fingerprint density at radius 1 is 1.23 bits per heavy atom. The zero-order valence-corrected chi connectivity index (χ0v) is 14.5. The summed E-state index contributed by atoms with van der Waals surface area (Å²) in [7, 11) is 4.53. The number of carbonyl (C=O) groups excluding carboxylic acids is 2. The second-order valence-electron chi connectivity index (χ2n) is 4.41. The van der Waals surface area contributed by atoms with Crippen LogP contribution in [-0.4, -0.2) is 43.1 Å². The van der Waals surface area contributed by atoms with Crippen molar-refractivity contribution in [3.63, 3.8) is 0 Å². The van der Waals surface area contributed by atoms with Crippen molar-refractivity contribution in [3.8, 4) is 11.5 Å². The van der Waals surface area contributed by atoms with Crippen molar-refractivity contribution < 1.29 is 19.1 Å². The summed E-state index contributed by atoms with van der Waals surface area (Å²) in [6, 6.07) is 3.37. The molecule has 116 valence electrons. The maximum Gasteiger partial charge on any atom is 0.265 e. The van der Waals surface area contributed by atoms with Crippen LogP contribution in [0, 0.1) is 0 Å². The summed E-state index contributed by atoms with van der Waals surface area (Å²) in [4.78, 5) is 25.4. The van der Waals surface area contributed by atoms with Gasteiger partial charge in [0.25, 0.3) is 11.8 Å². The highest BCUT2D eigenvalue weighted by Gasteiger charge is 2.31. The molecule has 6 nitrogen and oxygen atoms in total. The molecule has 2 amide bonds. The predicted octanol–water partition coefficient (Wildman–Crippen LogP) is 1.72. The molecule has 1 heterocycles. The molecule has 0 saturated carbocycles. The second kappa shape index (κ2) is 6.45. The number of amides is 2. The number of nitrogens with zero attached hydrogens (tertiary/aromatic N) is 1. The number of hydrogen-bond donors (Lipinski definition) is 1. The molecule has 1 N–H and O–H groups in total. The van der Waals surface area contributed by atoms with Crippen molar-refractivity contribution in [1.29, 1.82) is 0 Å². The molecule has 0 unspecified atom stereocenters. The fraction of sp³-hybridized carbons (Fsp3) is 0.214. The Morgan fingerprint density at radius 3 is 2.45 bits per heavy atom. The lowest BCUT2D eigenvalue weighted by Crippen LogP contribution is -2.52. The molecule has 1 aromatic rings. The molecule has 0 aliphatic carbocycles. The first kappa shape index (κ1) is 16.4. The monoisotopic (exact) mass is 384 g/mol. The van der Waals surface area contributed by atoms with Crippen molar-refractivity contribution in [2.24, 2.45) is 0 Å². The van der Waals surface area contributed by atoms with Crippen molar-refractivity contribution in [3.05, 3.63) is 27.7 Å². The van der Waals surface area contributed by atoms with Gasteiger partial charge in [0.2, 0.25) is 0 Å². The van der Waals surface area contributed by atoms with Crippen LogP contribution >= 0.6 is 28.1 Å². The number of carbonyl (C=O) groups is 2. The van der Waals surface area contributed by atoms with E-state index in [2.05, 4.69) is 21.2 Å². The van der Waals surface area contributed by atoms with Crippen LogP contribution in [0.5, 0.6) is 11.5 Å². The van der Waals surface area contributed by atoms with E-state index in [-0.39, 0.29) is 10.7 Å². The third kappa shape index (κ3) is 2.97. The van der Waals surface area contributed by atoms with E-state index >= 15 is 0 Å². The Hall–Kier alpha value is -1.93. The number of halogens is 1. The Morgan fingerprint density at radius 2 is 1.86 bits per heavy atom. The first-order valence-corrected chi connectivity index (χ1v) is 7.35. The van der Waals surface area contributed by atoms with Gasteiger partial charge in [-0.05, 0) is 40.3 Å². The highest BCUT2D eigenvalue weighted by molar-refractivity contribution is 9.10. The van der Waals surface area contributed by atoms with Crippen molar-refractivity contribution in [2.75, 3.05) is 21.3 Å². The van der Waals surface area contributed by atoms with Gasteiger partial charge in [-0.1, -0.05) is 0 Å². The number of ether oxygens (including phenoxy) is 2. The minimum Gasteiger partial charge on any atom is -0.496 e. The van der Waals surface area contributed by atoms with Gasteiger partial charge in [-0.25, -0.2) is 0 Å².